The zero-order chi connectivity index (χ0) is 15.9. The Hall–Kier alpha value is -2.14. The number of hydrogen-bond acceptors (Lipinski definition) is 3. The van der Waals surface area contributed by atoms with Crippen LogP contribution in [-0.4, -0.2) is 11.9 Å². The van der Waals surface area contributed by atoms with Gasteiger partial charge < -0.3 is 10.1 Å². The Balaban J connectivity index is 1.87. The normalized spacial score (nSPS) is 10.1. The Kier molecular flexibility index (Phi) is 5.72. The number of rotatable bonds is 5. The van der Waals surface area contributed by atoms with Crippen LogP contribution in [0.15, 0.2) is 53.0 Å². The molecule has 0 aliphatic carbocycles. The van der Waals surface area contributed by atoms with Crippen LogP contribution < -0.4 is 5.32 Å². The molecule has 0 radical (unpaired) electrons. The van der Waals surface area contributed by atoms with E-state index < -0.39 is 0 Å². The van der Waals surface area contributed by atoms with Crippen molar-refractivity contribution in [2.45, 2.75) is 20.0 Å². The average Bonchev–Trinajstić information content (AvgIpc) is 2.48. The molecule has 0 heterocycles. The van der Waals surface area contributed by atoms with Crippen molar-refractivity contribution in [1.82, 2.24) is 0 Å². The number of carbonyl (C=O) groups is 2. The van der Waals surface area contributed by atoms with Crippen LogP contribution in [0.5, 0.6) is 0 Å². The number of benzene rings is 2. The van der Waals surface area contributed by atoms with Gasteiger partial charge in [-0.15, -0.1) is 0 Å². The van der Waals surface area contributed by atoms with Crippen LogP contribution in [0.1, 0.15) is 18.1 Å². The summed E-state index contributed by atoms with van der Waals surface area (Å²) in [5.41, 5.74) is 2.47. The summed E-state index contributed by atoms with van der Waals surface area (Å²) in [4.78, 5) is 22.8. The van der Waals surface area contributed by atoms with E-state index in [-0.39, 0.29) is 24.9 Å². The second-order valence-electron chi connectivity index (χ2n) is 4.81. The number of esters is 1. The molecule has 114 valence electrons. The van der Waals surface area contributed by atoms with E-state index >= 15 is 0 Å². The largest absolute Gasteiger partial charge is 0.461 e. The fourth-order valence-corrected chi connectivity index (χ4v) is 2.30. The van der Waals surface area contributed by atoms with E-state index in [9.17, 15) is 9.59 Å². The highest BCUT2D eigenvalue weighted by Gasteiger charge is 2.07. The van der Waals surface area contributed by atoms with Crippen molar-refractivity contribution in [3.63, 3.8) is 0 Å². The molecule has 0 aliphatic rings. The third kappa shape index (κ3) is 5.00. The van der Waals surface area contributed by atoms with Gasteiger partial charge in [-0.2, -0.15) is 0 Å². The zero-order valence-electron chi connectivity index (χ0n) is 12.1. The minimum Gasteiger partial charge on any atom is -0.461 e. The molecule has 0 fully saturated rings. The van der Waals surface area contributed by atoms with E-state index in [1.54, 1.807) is 24.3 Å². The van der Waals surface area contributed by atoms with E-state index in [0.29, 0.717) is 5.69 Å². The predicted octanol–water partition coefficient (Wildman–Crippen LogP) is 3.69. The fraction of sp³-hybridized carbons (Fsp3) is 0.176. The van der Waals surface area contributed by atoms with Crippen LogP contribution in [-0.2, 0) is 27.4 Å². The van der Waals surface area contributed by atoms with Gasteiger partial charge in [0.15, 0.2) is 0 Å². The maximum Gasteiger partial charge on any atom is 0.310 e. The Labute approximate surface area is 137 Å². The summed E-state index contributed by atoms with van der Waals surface area (Å²) in [5.74, 6) is -0.413. The molecule has 0 unspecified atom stereocenters. The molecule has 0 bridgehead atoms. The first-order valence-corrected chi connectivity index (χ1v) is 7.59. The van der Waals surface area contributed by atoms with Crippen LogP contribution in [0.4, 0.5) is 5.69 Å². The first kappa shape index (κ1) is 16.2. The number of amides is 1. The Morgan fingerprint density at radius 3 is 2.41 bits per heavy atom. The van der Waals surface area contributed by atoms with Gasteiger partial charge in [0.1, 0.15) is 6.61 Å². The van der Waals surface area contributed by atoms with Crippen molar-refractivity contribution < 1.29 is 14.3 Å². The summed E-state index contributed by atoms with van der Waals surface area (Å²) in [6.07, 6.45) is 0.199. The molecule has 1 amide bonds. The molecule has 4 nitrogen and oxygen atoms in total. The maximum atomic E-state index is 11.9. The molecule has 0 aliphatic heterocycles. The Morgan fingerprint density at radius 2 is 1.77 bits per heavy atom. The van der Waals surface area contributed by atoms with E-state index in [1.807, 2.05) is 24.3 Å². The lowest BCUT2D eigenvalue weighted by Crippen LogP contribution is -2.09. The van der Waals surface area contributed by atoms with Gasteiger partial charge in [0.2, 0.25) is 5.91 Å². The lowest BCUT2D eigenvalue weighted by Gasteiger charge is -2.07. The van der Waals surface area contributed by atoms with E-state index in [0.717, 1.165) is 15.6 Å². The molecule has 0 spiro atoms. The summed E-state index contributed by atoms with van der Waals surface area (Å²) in [7, 11) is 0. The zero-order valence-corrected chi connectivity index (χ0v) is 13.7. The van der Waals surface area contributed by atoms with Crippen molar-refractivity contribution in [3.8, 4) is 0 Å². The topological polar surface area (TPSA) is 55.4 Å². The van der Waals surface area contributed by atoms with Crippen LogP contribution >= 0.6 is 15.9 Å². The van der Waals surface area contributed by atoms with Crippen molar-refractivity contribution in [1.29, 1.82) is 0 Å². The molecular weight excluding hydrogens is 346 g/mol. The van der Waals surface area contributed by atoms with Crippen molar-refractivity contribution in [3.05, 3.63) is 64.1 Å². The van der Waals surface area contributed by atoms with Crippen LogP contribution in [0.25, 0.3) is 0 Å². The lowest BCUT2D eigenvalue weighted by molar-refractivity contribution is -0.144. The third-order valence-corrected chi connectivity index (χ3v) is 3.74. The molecule has 1 N–H and O–H groups in total. The predicted molar refractivity (Wildman–Crippen MR) is 88.4 cm³/mol. The van der Waals surface area contributed by atoms with E-state index in [1.165, 1.54) is 6.92 Å². The number of anilines is 1. The number of carbonyl (C=O) groups excluding carboxylic acids is 2. The van der Waals surface area contributed by atoms with Crippen LogP contribution in [0, 0.1) is 0 Å². The number of halogens is 1. The molecular formula is C17H16BrNO3. The summed E-state index contributed by atoms with van der Waals surface area (Å²) < 4.78 is 6.19. The molecule has 2 aromatic carbocycles. The monoisotopic (exact) mass is 361 g/mol. The van der Waals surface area contributed by atoms with Gasteiger partial charge in [-0.3, -0.25) is 9.59 Å². The van der Waals surface area contributed by atoms with E-state index in [2.05, 4.69) is 21.2 Å². The average molecular weight is 362 g/mol. The van der Waals surface area contributed by atoms with Gasteiger partial charge in [0, 0.05) is 22.6 Å². The molecule has 22 heavy (non-hydrogen) atoms. The van der Waals surface area contributed by atoms with Crippen LogP contribution in [0.3, 0.4) is 0 Å². The van der Waals surface area contributed by atoms with Crippen molar-refractivity contribution in [2.75, 3.05) is 5.32 Å². The second-order valence-corrected chi connectivity index (χ2v) is 5.66. The van der Waals surface area contributed by atoms with E-state index in [4.69, 9.17) is 4.74 Å². The third-order valence-electron chi connectivity index (χ3n) is 2.97. The molecule has 0 saturated carbocycles. The Bertz CT molecular complexity index is 668. The van der Waals surface area contributed by atoms with Gasteiger partial charge >= 0.3 is 5.97 Å². The van der Waals surface area contributed by atoms with Gasteiger partial charge in [0.05, 0.1) is 6.42 Å². The molecule has 0 atom stereocenters. The standard InChI is InChI=1S/C17H16BrNO3/c1-12(20)19-15-8-6-13(7-9-15)10-17(21)22-11-14-4-2-3-5-16(14)18/h2-9H,10-11H2,1H3,(H,19,20). The smallest absolute Gasteiger partial charge is 0.310 e. The number of ether oxygens (including phenoxy) is 1. The highest BCUT2D eigenvalue weighted by atomic mass is 79.9. The summed E-state index contributed by atoms with van der Waals surface area (Å²) in [6, 6.07) is 14.7. The van der Waals surface area contributed by atoms with Gasteiger partial charge in [-0.1, -0.05) is 46.3 Å². The second kappa shape index (κ2) is 7.75. The summed E-state index contributed by atoms with van der Waals surface area (Å²) >= 11 is 3.41. The SMILES string of the molecule is CC(=O)Nc1ccc(CC(=O)OCc2ccccc2Br)cc1. The molecule has 2 aromatic rings. The molecule has 5 heteroatoms. The van der Waals surface area contributed by atoms with Crippen LogP contribution in [0.2, 0.25) is 0 Å². The quantitative estimate of drug-likeness (QED) is 0.826. The number of hydrogen-bond donors (Lipinski definition) is 1. The maximum absolute atomic E-state index is 11.9. The summed E-state index contributed by atoms with van der Waals surface area (Å²) in [6.45, 7) is 1.69. The lowest BCUT2D eigenvalue weighted by atomic mass is 10.1. The van der Waals surface area contributed by atoms with Crippen molar-refractivity contribution in [2.24, 2.45) is 0 Å². The first-order valence-electron chi connectivity index (χ1n) is 6.80. The minimum atomic E-state index is -0.289. The molecule has 0 aromatic heterocycles. The first-order chi connectivity index (χ1) is 10.5. The van der Waals surface area contributed by atoms with Gasteiger partial charge in [-0.25, -0.2) is 0 Å². The minimum absolute atomic E-state index is 0.124. The van der Waals surface area contributed by atoms with Crippen molar-refractivity contribution >= 4 is 33.5 Å². The highest BCUT2D eigenvalue weighted by molar-refractivity contribution is 9.10. The van der Waals surface area contributed by atoms with Gasteiger partial charge in [-0.05, 0) is 23.8 Å². The fourth-order valence-electron chi connectivity index (χ4n) is 1.90. The van der Waals surface area contributed by atoms with Gasteiger partial charge in [0.25, 0.3) is 0 Å². The molecule has 2 rings (SSSR count). The molecule has 0 saturated heterocycles. The summed E-state index contributed by atoms with van der Waals surface area (Å²) in [5, 5.41) is 2.68. The highest BCUT2D eigenvalue weighted by Crippen LogP contribution is 2.17. The number of nitrogens with one attached hydrogen (secondary N) is 1. The Morgan fingerprint density at radius 1 is 1.09 bits per heavy atom.